The van der Waals surface area contributed by atoms with Crippen LogP contribution in [-0.4, -0.2) is 202 Å². The number of fused-ring (bicyclic) bond motifs is 2. The number of phenolic OH excluding ortho intramolecular Hbond substituents is 4. The number of anilines is 4. The number of tetrazole rings is 2. The lowest BCUT2D eigenvalue weighted by Gasteiger charge is -2.23. The quantitative estimate of drug-likeness (QED) is 0.0520. The molecule has 2 saturated heterocycles. The largest absolute Gasteiger partial charge is 0.508 e. The molecule has 8 heterocycles. The third-order valence-electron chi connectivity index (χ3n) is 18.7. The SMILES string of the molecule is CCc1nnn([C@H]2C[C@@H](n3cnc4c(NCC(c5ccc(O)cc5)c5ccc(O)cc5)nc(N5CCC(NC(=O)N[C@H]6CCN(c7nc(NCC(c8ccc(O)cc8)c8ccc(O)cc8)c8ncn([C@@H]9C[C@H](n%10nnc(CC)n%10)[C@@H](O)[C@H]9O)c8n7)C6)C5)nc43)[C@H](O)[C@@H]2O)n1. The van der Waals surface area contributed by atoms with E-state index in [-0.39, 0.29) is 65.8 Å². The Bertz CT molecular complexity index is 3940. The minimum atomic E-state index is -1.25. The molecule has 12 N–H and O–H groups in total. The highest BCUT2D eigenvalue weighted by molar-refractivity contribution is 5.86. The number of phenols is 4. The molecule has 1 unspecified atom stereocenters. The fourth-order valence-corrected chi connectivity index (χ4v) is 13.5. The summed E-state index contributed by atoms with van der Waals surface area (Å²) in [5.74, 6) is 2.40. The number of hydrogen-bond acceptors (Lipinski definition) is 25. The van der Waals surface area contributed by atoms with Crippen molar-refractivity contribution >= 4 is 51.9 Å². The van der Waals surface area contributed by atoms with Gasteiger partial charge in [-0.1, -0.05) is 62.4 Å². The number of imidazole rings is 2. The zero-order chi connectivity index (χ0) is 64.9. The van der Waals surface area contributed by atoms with Gasteiger partial charge in [-0.25, -0.2) is 14.8 Å². The third-order valence-corrected chi connectivity index (χ3v) is 18.7. The average Bonchev–Trinajstić information content (AvgIpc) is 1.60. The third kappa shape index (κ3) is 12.1. The van der Waals surface area contributed by atoms with E-state index in [0.29, 0.717) is 122 Å². The Morgan fingerprint density at radius 3 is 1.19 bits per heavy atom. The minimum absolute atomic E-state index is 0.117. The lowest BCUT2D eigenvalue weighted by molar-refractivity contribution is 0.00473. The van der Waals surface area contributed by atoms with Crippen molar-refractivity contribution in [2.75, 3.05) is 59.7 Å². The Hall–Kier alpha value is -10.4. The van der Waals surface area contributed by atoms with E-state index in [1.807, 2.05) is 72.2 Å². The molecule has 6 aromatic heterocycles. The lowest BCUT2D eigenvalue weighted by Crippen LogP contribution is -2.48. The average molecular weight is 1280 g/mol. The first-order valence-electron chi connectivity index (χ1n) is 31.6. The van der Waals surface area contributed by atoms with E-state index in [0.717, 1.165) is 22.3 Å². The number of urea groups is 1. The molecule has 4 aliphatic rings. The van der Waals surface area contributed by atoms with E-state index in [1.54, 1.807) is 70.3 Å². The second-order valence-corrected chi connectivity index (χ2v) is 24.6. The molecule has 2 amide bonds. The van der Waals surface area contributed by atoms with Crippen LogP contribution < -0.4 is 31.1 Å². The maximum absolute atomic E-state index is 14.1. The minimum Gasteiger partial charge on any atom is -0.508 e. The fourth-order valence-electron chi connectivity index (χ4n) is 13.5. The number of aliphatic hydroxyl groups excluding tert-OH is 4. The van der Waals surface area contributed by atoms with Crippen molar-refractivity contribution in [3.63, 3.8) is 0 Å². The number of nitrogens with zero attached hydrogens (tertiary/aromatic N) is 18. The summed E-state index contributed by atoms with van der Waals surface area (Å²) in [4.78, 5) is 50.8. The van der Waals surface area contributed by atoms with Gasteiger partial charge in [-0.05, 0) is 107 Å². The first-order chi connectivity index (χ1) is 45.6. The molecule has 31 heteroatoms. The van der Waals surface area contributed by atoms with Crippen LogP contribution in [-0.2, 0) is 12.8 Å². The number of carbonyl (C=O) groups is 1. The summed E-state index contributed by atoms with van der Waals surface area (Å²) >= 11 is 0. The summed E-state index contributed by atoms with van der Waals surface area (Å²) in [7, 11) is 0. The highest BCUT2D eigenvalue weighted by atomic mass is 16.3. The second kappa shape index (κ2) is 25.6. The molecule has 488 valence electrons. The Morgan fingerprint density at radius 2 is 0.851 bits per heavy atom. The maximum Gasteiger partial charge on any atom is 0.315 e. The van der Waals surface area contributed by atoms with Crippen molar-refractivity contribution in [2.45, 2.75) is 125 Å². The first kappa shape index (κ1) is 61.2. The van der Waals surface area contributed by atoms with E-state index in [4.69, 9.17) is 29.9 Å². The summed E-state index contributed by atoms with van der Waals surface area (Å²) in [6.45, 7) is 6.05. The number of amides is 2. The Labute approximate surface area is 536 Å². The molecule has 4 fully saturated rings. The highest BCUT2D eigenvalue weighted by Gasteiger charge is 2.47. The smallest absolute Gasteiger partial charge is 0.315 e. The molecular formula is C63H72N22O9. The van der Waals surface area contributed by atoms with Gasteiger partial charge in [-0.3, -0.25) is 0 Å². The molecule has 2 saturated carbocycles. The van der Waals surface area contributed by atoms with Crippen LogP contribution in [0, 0.1) is 0 Å². The van der Waals surface area contributed by atoms with Gasteiger partial charge in [0.05, 0.1) is 24.7 Å². The molecule has 4 aromatic carbocycles. The summed E-state index contributed by atoms with van der Waals surface area (Å²) in [5.41, 5.74) is 5.17. The van der Waals surface area contributed by atoms with Crippen LogP contribution in [0.2, 0.25) is 0 Å². The van der Waals surface area contributed by atoms with Crippen LogP contribution in [0.4, 0.5) is 28.3 Å². The maximum atomic E-state index is 14.1. The topological polar surface area (TPSA) is 408 Å². The number of rotatable bonds is 20. The predicted octanol–water partition coefficient (Wildman–Crippen LogP) is 3.35. The van der Waals surface area contributed by atoms with Crippen LogP contribution in [0.3, 0.4) is 0 Å². The Balaban J connectivity index is 0.704. The zero-order valence-electron chi connectivity index (χ0n) is 51.3. The van der Waals surface area contributed by atoms with E-state index >= 15 is 0 Å². The molecule has 10 atom stereocenters. The summed E-state index contributed by atoms with van der Waals surface area (Å²) < 4.78 is 3.51. The number of aryl methyl sites for hydroxylation is 2. The van der Waals surface area contributed by atoms with E-state index in [1.165, 1.54) is 9.59 Å². The predicted molar refractivity (Wildman–Crippen MR) is 340 cm³/mol. The Kier molecular flexibility index (Phi) is 16.7. The number of aromatic nitrogens is 16. The van der Waals surface area contributed by atoms with E-state index in [9.17, 15) is 45.6 Å². The molecule has 10 aromatic rings. The van der Waals surface area contributed by atoms with Gasteiger partial charge in [0.1, 0.15) is 59.5 Å². The summed E-state index contributed by atoms with van der Waals surface area (Å²) in [6.07, 6.45) is 0.890. The van der Waals surface area contributed by atoms with Gasteiger partial charge >= 0.3 is 6.03 Å². The van der Waals surface area contributed by atoms with E-state index in [2.05, 4.69) is 52.1 Å². The second-order valence-electron chi connectivity index (χ2n) is 24.6. The highest BCUT2D eigenvalue weighted by Crippen LogP contribution is 2.43. The molecule has 94 heavy (non-hydrogen) atoms. The van der Waals surface area contributed by atoms with Gasteiger partial charge in [0.25, 0.3) is 0 Å². The number of nitrogens with one attached hydrogen (secondary N) is 4. The van der Waals surface area contributed by atoms with Gasteiger partial charge in [0.15, 0.2) is 45.6 Å². The molecule has 2 aliphatic carbocycles. The van der Waals surface area contributed by atoms with Crippen molar-refractivity contribution in [1.29, 1.82) is 0 Å². The molecule has 2 aliphatic heterocycles. The number of aromatic hydroxyl groups is 4. The molecule has 31 nitrogen and oxygen atoms in total. The number of hydrogen-bond donors (Lipinski definition) is 12. The number of carbonyl (C=O) groups excluding carboxylic acids is 1. The van der Waals surface area contributed by atoms with Gasteiger partial charge in [0.2, 0.25) is 11.9 Å². The van der Waals surface area contributed by atoms with Crippen LogP contribution in [0.25, 0.3) is 22.3 Å². The monoisotopic (exact) mass is 1280 g/mol. The molecular weight excluding hydrogens is 1210 g/mol. The van der Waals surface area contributed by atoms with Crippen LogP contribution in [0.1, 0.15) is 109 Å². The lowest BCUT2D eigenvalue weighted by atomic mass is 9.91. The van der Waals surface area contributed by atoms with Crippen LogP contribution in [0.15, 0.2) is 110 Å². The van der Waals surface area contributed by atoms with Crippen molar-refractivity contribution in [3.05, 3.63) is 144 Å². The number of aliphatic hydroxyl groups is 4. The molecule has 14 rings (SSSR count). The molecule has 0 spiro atoms. The normalized spacial score (nSPS) is 23.0. The van der Waals surface area contributed by atoms with Crippen molar-refractivity contribution in [1.82, 2.24) is 90.1 Å². The van der Waals surface area contributed by atoms with Crippen LogP contribution in [0.5, 0.6) is 23.0 Å². The Morgan fingerprint density at radius 1 is 0.500 bits per heavy atom. The molecule has 0 radical (unpaired) electrons. The van der Waals surface area contributed by atoms with Gasteiger partial charge in [-0.2, -0.15) is 29.5 Å². The zero-order valence-corrected chi connectivity index (χ0v) is 51.3. The van der Waals surface area contributed by atoms with Gasteiger partial charge in [0, 0.05) is 76.0 Å². The standard InChI is InChI=1S/C63H72N22O9/c1-3-49-74-78-84(76-49)47-25-45(53(90)55(47)92)82-31-66-51-57(64-27-43(33-5-13-39(86)14-6-33)34-7-15-40(87)16-8-34)70-61(72-59(51)82)80-23-21-37(29-80)68-63(94)69-38-22-24-81(30-38)62-71-58(65-28-44(35-9-17-41(88)18-10-35)36-11-19-42(89)20-12-36)52-60(73-62)83(32-67-52)46-26-48(56(93)54(46)91)85-77-50(4-2)75-79-85/h5-20,31-32,37-38,43-48,53-56,86-93H,3-4,21-30H2,1-2H3,(H,64,70,72)(H,65,71,73)(H2,68,69,94)/t37-,38?,45+,46+,47-,48-,53-,54-,55+,56+/m0/s1. The van der Waals surface area contributed by atoms with Crippen molar-refractivity contribution in [2.24, 2.45) is 0 Å². The van der Waals surface area contributed by atoms with Crippen molar-refractivity contribution in [3.8, 4) is 23.0 Å². The fraction of sp³-hybridized carbons (Fsp3) is 0.413. The number of benzene rings is 4. The van der Waals surface area contributed by atoms with Gasteiger partial charge < -0.3 is 81.1 Å². The molecule has 0 bridgehead atoms. The van der Waals surface area contributed by atoms with Gasteiger partial charge in [-0.15, -0.1) is 20.4 Å². The summed E-state index contributed by atoms with van der Waals surface area (Å²) in [6, 6.07) is 23.9. The van der Waals surface area contributed by atoms with Crippen molar-refractivity contribution < 1.29 is 45.6 Å². The van der Waals surface area contributed by atoms with E-state index < -0.39 is 48.6 Å². The van der Waals surface area contributed by atoms with Crippen LogP contribution >= 0.6 is 0 Å². The first-order valence-corrected chi connectivity index (χ1v) is 31.6. The summed E-state index contributed by atoms with van der Waals surface area (Å²) in [5, 5.41) is 126.